The fourth-order valence-corrected chi connectivity index (χ4v) is 1.16. The predicted octanol–water partition coefficient (Wildman–Crippen LogP) is 2.22. The van der Waals surface area contributed by atoms with Crippen LogP contribution in [0.2, 0.25) is 0 Å². The standard InChI is InChI=1S/C10H10ClNO5/c1-5(11)17-10(16)12-6-2-3-8(13)7(4-6)9(14)15/h2-5,13H,1H3,(H,12,16)(H,14,15). The molecule has 0 saturated heterocycles. The molecule has 1 rings (SSSR count). The number of carboxylic acids is 1. The molecule has 1 unspecified atom stereocenters. The smallest absolute Gasteiger partial charge is 0.413 e. The molecule has 1 aromatic carbocycles. The highest BCUT2D eigenvalue weighted by Crippen LogP contribution is 2.21. The number of amides is 1. The Labute approximate surface area is 102 Å². The molecule has 0 saturated carbocycles. The number of aromatic carboxylic acids is 1. The Hall–Kier alpha value is -1.95. The molecule has 6 nitrogen and oxygen atoms in total. The van der Waals surface area contributed by atoms with Crippen LogP contribution in [0.1, 0.15) is 17.3 Å². The van der Waals surface area contributed by atoms with Crippen LogP contribution in [0.3, 0.4) is 0 Å². The summed E-state index contributed by atoms with van der Waals surface area (Å²) in [7, 11) is 0. The van der Waals surface area contributed by atoms with E-state index in [9.17, 15) is 14.7 Å². The van der Waals surface area contributed by atoms with E-state index < -0.39 is 17.6 Å². The lowest BCUT2D eigenvalue weighted by Gasteiger charge is -2.09. The third-order valence-corrected chi connectivity index (χ3v) is 1.83. The second-order valence-corrected chi connectivity index (χ2v) is 3.73. The van der Waals surface area contributed by atoms with Gasteiger partial charge in [0.2, 0.25) is 0 Å². The molecule has 0 aliphatic heterocycles. The molecule has 0 bridgehead atoms. The molecular weight excluding hydrogens is 250 g/mol. The number of alkyl halides is 1. The number of ether oxygens (including phenoxy) is 1. The third kappa shape index (κ3) is 3.84. The SMILES string of the molecule is CC(Cl)OC(=O)Nc1ccc(O)c(C(=O)O)c1. The Morgan fingerprint density at radius 3 is 2.65 bits per heavy atom. The van der Waals surface area contributed by atoms with Crippen molar-refractivity contribution < 1.29 is 24.5 Å². The number of carboxylic acid groups (broad SMARTS) is 1. The molecule has 0 fully saturated rings. The fourth-order valence-electron chi connectivity index (χ4n) is 1.08. The van der Waals surface area contributed by atoms with E-state index in [1.165, 1.54) is 13.0 Å². The normalized spacial score (nSPS) is 11.6. The number of anilines is 1. The first-order valence-corrected chi connectivity index (χ1v) is 5.02. The minimum Gasteiger partial charge on any atom is -0.507 e. The first kappa shape index (κ1) is 13.1. The third-order valence-electron chi connectivity index (χ3n) is 1.74. The maximum atomic E-state index is 11.2. The minimum absolute atomic E-state index is 0.183. The van der Waals surface area contributed by atoms with Crippen molar-refractivity contribution in [2.75, 3.05) is 5.32 Å². The van der Waals surface area contributed by atoms with Gasteiger partial charge in [0.05, 0.1) is 0 Å². The van der Waals surface area contributed by atoms with Crippen molar-refractivity contribution in [3.8, 4) is 5.75 Å². The van der Waals surface area contributed by atoms with Crippen LogP contribution in [0.25, 0.3) is 0 Å². The summed E-state index contributed by atoms with van der Waals surface area (Å²) in [5.74, 6) is -1.69. The molecule has 0 aliphatic carbocycles. The van der Waals surface area contributed by atoms with Crippen LogP contribution >= 0.6 is 11.6 Å². The van der Waals surface area contributed by atoms with Crippen LogP contribution in [0.15, 0.2) is 18.2 Å². The number of nitrogens with one attached hydrogen (secondary N) is 1. The van der Waals surface area contributed by atoms with Gasteiger partial charge in [-0.05, 0) is 25.1 Å². The van der Waals surface area contributed by atoms with Crippen LogP contribution in [0.5, 0.6) is 5.75 Å². The Balaban J connectivity index is 2.82. The van der Waals surface area contributed by atoms with Crippen molar-refractivity contribution in [3.05, 3.63) is 23.8 Å². The van der Waals surface area contributed by atoms with Gasteiger partial charge in [0.1, 0.15) is 11.3 Å². The molecule has 1 atom stereocenters. The fraction of sp³-hybridized carbons (Fsp3) is 0.200. The first-order chi connectivity index (χ1) is 7.90. The molecule has 1 amide bonds. The number of benzene rings is 1. The van der Waals surface area contributed by atoms with Crippen molar-refractivity contribution in [3.63, 3.8) is 0 Å². The van der Waals surface area contributed by atoms with Crippen molar-refractivity contribution in [2.24, 2.45) is 0 Å². The maximum absolute atomic E-state index is 11.2. The molecule has 0 aliphatic rings. The van der Waals surface area contributed by atoms with E-state index in [4.69, 9.17) is 16.7 Å². The van der Waals surface area contributed by atoms with Gasteiger partial charge in [-0.1, -0.05) is 11.6 Å². The lowest BCUT2D eigenvalue weighted by Crippen LogP contribution is -2.17. The average molecular weight is 260 g/mol. The molecule has 7 heteroatoms. The number of hydrogen-bond donors (Lipinski definition) is 3. The number of rotatable bonds is 3. The first-order valence-electron chi connectivity index (χ1n) is 4.58. The van der Waals surface area contributed by atoms with Gasteiger partial charge >= 0.3 is 12.1 Å². The van der Waals surface area contributed by atoms with Gasteiger partial charge in [0, 0.05) is 5.69 Å². The molecule has 0 radical (unpaired) electrons. The van der Waals surface area contributed by atoms with Gasteiger partial charge in [-0.15, -0.1) is 0 Å². The Bertz CT molecular complexity index is 446. The summed E-state index contributed by atoms with van der Waals surface area (Å²) in [4.78, 5) is 21.9. The molecule has 0 spiro atoms. The van der Waals surface area contributed by atoms with Gasteiger partial charge in [-0.25, -0.2) is 9.59 Å². The lowest BCUT2D eigenvalue weighted by molar-refractivity contribution is 0.0693. The van der Waals surface area contributed by atoms with Crippen LogP contribution in [0, 0.1) is 0 Å². The van der Waals surface area contributed by atoms with Gasteiger partial charge in [-0.2, -0.15) is 0 Å². The molecule has 0 aromatic heterocycles. The van der Waals surface area contributed by atoms with Crippen LogP contribution < -0.4 is 5.32 Å². The van der Waals surface area contributed by atoms with Gasteiger partial charge in [0.15, 0.2) is 5.56 Å². The van der Waals surface area contributed by atoms with Crippen LogP contribution in [0.4, 0.5) is 10.5 Å². The zero-order chi connectivity index (χ0) is 13.0. The van der Waals surface area contributed by atoms with E-state index in [1.807, 2.05) is 0 Å². The maximum Gasteiger partial charge on any atom is 0.413 e. The topological polar surface area (TPSA) is 95.9 Å². The van der Waals surface area contributed by atoms with Crippen molar-refractivity contribution in [2.45, 2.75) is 12.5 Å². The molecule has 0 heterocycles. The van der Waals surface area contributed by atoms with Gasteiger partial charge < -0.3 is 14.9 Å². The molecule has 17 heavy (non-hydrogen) atoms. The van der Waals surface area contributed by atoms with Crippen molar-refractivity contribution >= 4 is 29.4 Å². The number of aromatic hydroxyl groups is 1. The highest BCUT2D eigenvalue weighted by atomic mass is 35.5. The molecular formula is C10H10ClNO5. The van der Waals surface area contributed by atoms with Gasteiger partial charge in [-0.3, -0.25) is 5.32 Å². The summed E-state index contributed by atoms with van der Waals surface area (Å²) >= 11 is 5.43. The average Bonchev–Trinajstić information content (AvgIpc) is 2.19. The predicted molar refractivity (Wildman–Crippen MR) is 60.5 cm³/mol. The Morgan fingerprint density at radius 2 is 2.12 bits per heavy atom. The van der Waals surface area contributed by atoms with E-state index in [-0.39, 0.29) is 17.0 Å². The zero-order valence-electron chi connectivity index (χ0n) is 8.81. The lowest BCUT2D eigenvalue weighted by atomic mass is 10.2. The highest BCUT2D eigenvalue weighted by Gasteiger charge is 2.12. The second-order valence-electron chi connectivity index (χ2n) is 3.11. The number of hydrogen-bond acceptors (Lipinski definition) is 4. The van der Waals surface area contributed by atoms with E-state index in [0.29, 0.717) is 0 Å². The summed E-state index contributed by atoms with van der Waals surface area (Å²) in [6, 6.07) is 3.60. The summed E-state index contributed by atoms with van der Waals surface area (Å²) in [6.45, 7) is 1.46. The summed E-state index contributed by atoms with van der Waals surface area (Å²) in [6.07, 6.45) is -0.811. The van der Waals surface area contributed by atoms with Gasteiger partial charge in [0.25, 0.3) is 0 Å². The monoisotopic (exact) mass is 259 g/mol. The Kier molecular flexibility index (Phi) is 4.17. The Morgan fingerprint density at radius 1 is 1.47 bits per heavy atom. The molecule has 92 valence electrons. The number of carbonyl (C=O) groups is 2. The van der Waals surface area contributed by atoms with Crippen LogP contribution in [-0.4, -0.2) is 27.8 Å². The van der Waals surface area contributed by atoms with Crippen molar-refractivity contribution in [1.82, 2.24) is 0 Å². The van der Waals surface area contributed by atoms with E-state index >= 15 is 0 Å². The number of halogens is 1. The summed E-state index contributed by atoms with van der Waals surface area (Å²) < 4.78 is 4.59. The second kappa shape index (κ2) is 5.40. The van der Waals surface area contributed by atoms with E-state index in [1.54, 1.807) is 0 Å². The van der Waals surface area contributed by atoms with E-state index in [2.05, 4.69) is 10.1 Å². The molecule has 1 aromatic rings. The minimum atomic E-state index is -1.30. The number of phenols is 1. The quantitative estimate of drug-likeness (QED) is 0.571. The zero-order valence-corrected chi connectivity index (χ0v) is 9.56. The van der Waals surface area contributed by atoms with Crippen molar-refractivity contribution in [1.29, 1.82) is 0 Å². The number of carbonyl (C=O) groups excluding carboxylic acids is 1. The molecule has 3 N–H and O–H groups in total. The summed E-state index contributed by atoms with van der Waals surface area (Å²) in [5, 5.41) is 20.3. The largest absolute Gasteiger partial charge is 0.507 e. The van der Waals surface area contributed by atoms with Crippen LogP contribution in [-0.2, 0) is 4.74 Å². The summed E-state index contributed by atoms with van der Waals surface area (Å²) in [5.41, 5.74) is -0.935. The van der Waals surface area contributed by atoms with E-state index in [0.717, 1.165) is 12.1 Å². The highest BCUT2D eigenvalue weighted by molar-refractivity contribution is 6.20.